The fourth-order valence-electron chi connectivity index (χ4n) is 1.81. The highest BCUT2D eigenvalue weighted by Gasteiger charge is 2.23. The van der Waals surface area contributed by atoms with E-state index in [0.29, 0.717) is 0 Å². The summed E-state index contributed by atoms with van der Waals surface area (Å²) in [5.41, 5.74) is 0. The molecule has 0 aliphatic carbocycles. The van der Waals surface area contributed by atoms with E-state index in [1.165, 1.54) is 0 Å². The van der Waals surface area contributed by atoms with Crippen molar-refractivity contribution in [2.45, 2.75) is 45.6 Å². The van der Waals surface area contributed by atoms with Crippen LogP contribution in [0.25, 0.3) is 0 Å². The van der Waals surface area contributed by atoms with Gasteiger partial charge in [-0.05, 0) is 32.7 Å². The van der Waals surface area contributed by atoms with Gasteiger partial charge in [0.1, 0.15) is 0 Å². The van der Waals surface area contributed by atoms with Gasteiger partial charge >= 0.3 is 5.97 Å². The lowest BCUT2D eigenvalue weighted by atomic mass is 10.00. The Morgan fingerprint density at radius 3 is 3.00 bits per heavy atom. The predicted octanol–water partition coefficient (Wildman–Crippen LogP) is 1.72. The predicted molar refractivity (Wildman–Crippen MR) is 56.1 cm³/mol. The number of carbonyl (C=O) groups is 1. The van der Waals surface area contributed by atoms with Crippen LogP contribution in [-0.4, -0.2) is 25.2 Å². The summed E-state index contributed by atoms with van der Waals surface area (Å²) in [5, 5.41) is 3.22. The molecule has 0 spiro atoms. The van der Waals surface area contributed by atoms with E-state index in [-0.39, 0.29) is 18.0 Å². The molecule has 14 heavy (non-hydrogen) atoms. The summed E-state index contributed by atoms with van der Waals surface area (Å²) in [6, 6.07) is 0. The molecular weight excluding hydrogens is 178 g/mol. The van der Waals surface area contributed by atoms with Gasteiger partial charge in [-0.3, -0.25) is 4.79 Å². The number of rotatable bonds is 4. The van der Waals surface area contributed by atoms with Crippen molar-refractivity contribution in [1.82, 2.24) is 5.32 Å². The van der Waals surface area contributed by atoms with Gasteiger partial charge in [-0.1, -0.05) is 13.3 Å². The number of hydrogen-bond donors (Lipinski definition) is 1. The summed E-state index contributed by atoms with van der Waals surface area (Å²) >= 11 is 0. The molecule has 1 rings (SSSR count). The van der Waals surface area contributed by atoms with E-state index in [4.69, 9.17) is 4.74 Å². The molecule has 0 amide bonds. The van der Waals surface area contributed by atoms with Gasteiger partial charge in [0.15, 0.2) is 0 Å². The molecule has 1 aliphatic heterocycles. The molecule has 1 N–H and O–H groups in total. The molecule has 0 aromatic heterocycles. The number of esters is 1. The van der Waals surface area contributed by atoms with Crippen molar-refractivity contribution in [2.24, 2.45) is 5.92 Å². The average molecular weight is 199 g/mol. The molecule has 1 aliphatic rings. The SMILES string of the molecule is CCCC(C)OC(=O)[C@H]1CCCNC1. The van der Waals surface area contributed by atoms with E-state index in [1.807, 2.05) is 6.92 Å². The minimum atomic E-state index is -0.0156. The number of piperidine rings is 1. The minimum absolute atomic E-state index is 0.0156. The lowest BCUT2D eigenvalue weighted by Crippen LogP contribution is -2.36. The van der Waals surface area contributed by atoms with Crippen LogP contribution in [-0.2, 0) is 9.53 Å². The second kappa shape index (κ2) is 6.02. The number of nitrogens with one attached hydrogen (secondary N) is 1. The zero-order valence-corrected chi connectivity index (χ0v) is 9.21. The zero-order chi connectivity index (χ0) is 10.4. The normalized spacial score (nSPS) is 24.3. The van der Waals surface area contributed by atoms with Gasteiger partial charge in [0.2, 0.25) is 0 Å². The van der Waals surface area contributed by atoms with Crippen LogP contribution in [0.15, 0.2) is 0 Å². The molecular formula is C11H21NO2. The number of hydrogen-bond acceptors (Lipinski definition) is 3. The van der Waals surface area contributed by atoms with E-state index in [9.17, 15) is 4.79 Å². The molecule has 0 saturated carbocycles. The molecule has 1 unspecified atom stereocenters. The molecule has 1 fully saturated rings. The molecule has 0 aromatic carbocycles. The average Bonchev–Trinajstić information content (AvgIpc) is 2.19. The molecule has 3 heteroatoms. The van der Waals surface area contributed by atoms with Crippen molar-refractivity contribution in [3.05, 3.63) is 0 Å². The summed E-state index contributed by atoms with van der Waals surface area (Å²) in [6.07, 6.45) is 4.17. The second-order valence-electron chi connectivity index (χ2n) is 4.08. The third-order valence-corrected chi connectivity index (χ3v) is 2.64. The highest BCUT2D eigenvalue weighted by Crippen LogP contribution is 2.13. The van der Waals surface area contributed by atoms with Crippen LogP contribution < -0.4 is 5.32 Å². The van der Waals surface area contributed by atoms with Gasteiger partial charge in [-0.2, -0.15) is 0 Å². The molecule has 1 saturated heterocycles. The van der Waals surface area contributed by atoms with Crippen LogP contribution in [0.1, 0.15) is 39.5 Å². The topological polar surface area (TPSA) is 38.3 Å². The van der Waals surface area contributed by atoms with Gasteiger partial charge in [-0.25, -0.2) is 0 Å². The molecule has 3 nitrogen and oxygen atoms in total. The van der Waals surface area contributed by atoms with Crippen LogP contribution in [0.4, 0.5) is 0 Å². The lowest BCUT2D eigenvalue weighted by Gasteiger charge is -2.23. The molecule has 82 valence electrons. The van der Waals surface area contributed by atoms with Gasteiger partial charge in [0.25, 0.3) is 0 Å². The van der Waals surface area contributed by atoms with Crippen LogP contribution in [0.2, 0.25) is 0 Å². The van der Waals surface area contributed by atoms with Crippen molar-refractivity contribution in [1.29, 1.82) is 0 Å². The Morgan fingerprint density at radius 2 is 2.43 bits per heavy atom. The third-order valence-electron chi connectivity index (χ3n) is 2.64. The van der Waals surface area contributed by atoms with E-state index >= 15 is 0 Å². The maximum Gasteiger partial charge on any atom is 0.310 e. The smallest absolute Gasteiger partial charge is 0.310 e. The van der Waals surface area contributed by atoms with Crippen LogP contribution in [0.5, 0.6) is 0 Å². The Morgan fingerprint density at radius 1 is 1.64 bits per heavy atom. The molecule has 0 radical (unpaired) electrons. The minimum Gasteiger partial charge on any atom is -0.462 e. The maximum absolute atomic E-state index is 11.6. The Kier molecular flexibility index (Phi) is 4.94. The maximum atomic E-state index is 11.6. The van der Waals surface area contributed by atoms with Crippen molar-refractivity contribution < 1.29 is 9.53 Å². The number of carbonyl (C=O) groups excluding carboxylic acids is 1. The van der Waals surface area contributed by atoms with Crippen LogP contribution in [0.3, 0.4) is 0 Å². The Bertz CT molecular complexity index is 176. The summed E-state index contributed by atoms with van der Waals surface area (Å²) in [4.78, 5) is 11.6. The Labute approximate surface area is 86.2 Å². The standard InChI is InChI=1S/C11H21NO2/c1-3-5-9(2)14-11(13)10-6-4-7-12-8-10/h9-10,12H,3-8H2,1-2H3/t9?,10-/m0/s1. The molecule has 2 atom stereocenters. The lowest BCUT2D eigenvalue weighted by molar-refractivity contribution is -0.154. The quantitative estimate of drug-likeness (QED) is 0.701. The second-order valence-corrected chi connectivity index (χ2v) is 4.08. The van der Waals surface area contributed by atoms with Gasteiger partial charge in [-0.15, -0.1) is 0 Å². The van der Waals surface area contributed by atoms with E-state index in [2.05, 4.69) is 12.2 Å². The monoisotopic (exact) mass is 199 g/mol. The first-order valence-corrected chi connectivity index (χ1v) is 5.65. The van der Waals surface area contributed by atoms with Crippen LogP contribution >= 0.6 is 0 Å². The first-order valence-electron chi connectivity index (χ1n) is 5.65. The molecule has 1 heterocycles. The third kappa shape index (κ3) is 3.66. The molecule has 0 bridgehead atoms. The van der Waals surface area contributed by atoms with Gasteiger partial charge in [0.05, 0.1) is 12.0 Å². The fourth-order valence-corrected chi connectivity index (χ4v) is 1.81. The highest BCUT2D eigenvalue weighted by atomic mass is 16.5. The van der Waals surface area contributed by atoms with E-state index in [0.717, 1.165) is 38.8 Å². The zero-order valence-electron chi connectivity index (χ0n) is 9.21. The van der Waals surface area contributed by atoms with Gasteiger partial charge < -0.3 is 10.1 Å². The van der Waals surface area contributed by atoms with Crippen molar-refractivity contribution in [2.75, 3.05) is 13.1 Å². The fraction of sp³-hybridized carbons (Fsp3) is 0.909. The first kappa shape index (κ1) is 11.5. The van der Waals surface area contributed by atoms with Gasteiger partial charge in [0, 0.05) is 6.54 Å². The largest absolute Gasteiger partial charge is 0.462 e. The number of ether oxygens (including phenoxy) is 1. The summed E-state index contributed by atoms with van der Waals surface area (Å²) in [5.74, 6) is 0.0706. The Balaban J connectivity index is 2.25. The first-order chi connectivity index (χ1) is 6.74. The van der Waals surface area contributed by atoms with Crippen molar-refractivity contribution in [3.63, 3.8) is 0 Å². The summed E-state index contributed by atoms with van der Waals surface area (Å²) in [7, 11) is 0. The summed E-state index contributed by atoms with van der Waals surface area (Å²) in [6.45, 7) is 5.90. The highest BCUT2D eigenvalue weighted by molar-refractivity contribution is 5.73. The summed E-state index contributed by atoms with van der Waals surface area (Å²) < 4.78 is 5.35. The van der Waals surface area contributed by atoms with Crippen molar-refractivity contribution >= 4 is 5.97 Å². The molecule has 0 aromatic rings. The van der Waals surface area contributed by atoms with Crippen molar-refractivity contribution in [3.8, 4) is 0 Å². The van der Waals surface area contributed by atoms with E-state index in [1.54, 1.807) is 0 Å². The Hall–Kier alpha value is -0.570. The van der Waals surface area contributed by atoms with Crippen LogP contribution in [0, 0.1) is 5.92 Å². The van der Waals surface area contributed by atoms with E-state index < -0.39 is 0 Å².